The van der Waals surface area contributed by atoms with Gasteiger partial charge in [-0.2, -0.15) is 0 Å². The average molecular weight is 275 g/mol. The van der Waals surface area contributed by atoms with Crippen molar-refractivity contribution >= 4 is 28.3 Å². The van der Waals surface area contributed by atoms with Crippen molar-refractivity contribution in [2.45, 2.75) is 6.42 Å². The molecule has 0 spiro atoms. The Balaban J connectivity index is 2.25. The van der Waals surface area contributed by atoms with Gasteiger partial charge in [0.1, 0.15) is 12.1 Å². The van der Waals surface area contributed by atoms with E-state index < -0.39 is 4.92 Å². The number of nitro benzene ring substituents is 1. The predicted molar refractivity (Wildman–Crippen MR) is 73.4 cm³/mol. The smallest absolute Gasteiger partial charge is 0.270 e. The maximum atomic E-state index is 11.1. The Morgan fingerprint density at radius 2 is 2.20 bits per heavy atom. The zero-order valence-corrected chi connectivity index (χ0v) is 10.8. The van der Waals surface area contributed by atoms with Gasteiger partial charge in [-0.15, -0.1) is 0 Å². The minimum atomic E-state index is -0.471. The number of nitrogens with one attached hydrogen (secondary N) is 2. The Kier molecular flexibility index (Phi) is 4.04. The molecule has 20 heavy (non-hydrogen) atoms. The second kappa shape index (κ2) is 5.91. The first-order chi connectivity index (χ1) is 9.61. The van der Waals surface area contributed by atoms with Gasteiger partial charge in [0.2, 0.25) is 5.91 Å². The van der Waals surface area contributed by atoms with Gasteiger partial charge < -0.3 is 10.6 Å². The van der Waals surface area contributed by atoms with Crippen molar-refractivity contribution in [1.29, 1.82) is 0 Å². The van der Waals surface area contributed by atoms with Crippen LogP contribution in [0.1, 0.15) is 6.42 Å². The van der Waals surface area contributed by atoms with Crippen molar-refractivity contribution in [2.24, 2.45) is 0 Å². The molecule has 1 aromatic heterocycles. The minimum Gasteiger partial charge on any atom is -0.369 e. The molecule has 2 rings (SSSR count). The molecule has 1 heterocycles. The third-order valence-electron chi connectivity index (χ3n) is 2.75. The predicted octanol–water partition coefficient (Wildman–Crippen LogP) is 1.09. The second-order valence-electron chi connectivity index (χ2n) is 4.03. The molecule has 0 saturated heterocycles. The van der Waals surface area contributed by atoms with Crippen LogP contribution in [-0.2, 0) is 4.79 Å². The number of hydrogen-bond donors (Lipinski definition) is 2. The van der Waals surface area contributed by atoms with Crippen molar-refractivity contribution < 1.29 is 9.72 Å². The van der Waals surface area contributed by atoms with Crippen LogP contribution in [0.3, 0.4) is 0 Å². The summed E-state index contributed by atoms with van der Waals surface area (Å²) in [4.78, 5) is 29.6. The van der Waals surface area contributed by atoms with Gasteiger partial charge in [0.25, 0.3) is 5.69 Å². The summed E-state index contributed by atoms with van der Waals surface area (Å²) >= 11 is 0. The standard InChI is InChI=1S/C12H13N5O3/c1-13-11(18)4-5-14-12-9-6-8(17(19)20)2-3-10(9)15-7-16-12/h2-3,6-7H,4-5H2,1H3,(H,13,18)(H,14,15,16). The summed E-state index contributed by atoms with van der Waals surface area (Å²) in [5.74, 6) is 0.379. The first kappa shape index (κ1) is 13.7. The fourth-order valence-corrected chi connectivity index (χ4v) is 1.72. The number of nitro groups is 1. The molecule has 0 unspecified atom stereocenters. The van der Waals surface area contributed by atoms with Crippen LogP contribution in [0.5, 0.6) is 0 Å². The highest BCUT2D eigenvalue weighted by Gasteiger charge is 2.10. The molecular weight excluding hydrogens is 262 g/mol. The molecule has 0 aliphatic heterocycles. The maximum Gasteiger partial charge on any atom is 0.270 e. The number of aromatic nitrogens is 2. The lowest BCUT2D eigenvalue weighted by Crippen LogP contribution is -2.21. The van der Waals surface area contributed by atoms with Crippen molar-refractivity contribution in [3.63, 3.8) is 0 Å². The van der Waals surface area contributed by atoms with E-state index in [2.05, 4.69) is 20.6 Å². The Labute approximate surface area is 114 Å². The van der Waals surface area contributed by atoms with E-state index in [1.165, 1.54) is 18.5 Å². The van der Waals surface area contributed by atoms with Gasteiger partial charge in [0.15, 0.2) is 0 Å². The van der Waals surface area contributed by atoms with Gasteiger partial charge in [0, 0.05) is 37.5 Å². The van der Waals surface area contributed by atoms with Gasteiger partial charge >= 0.3 is 0 Å². The molecule has 1 amide bonds. The Hall–Kier alpha value is -2.77. The van der Waals surface area contributed by atoms with E-state index in [9.17, 15) is 14.9 Å². The van der Waals surface area contributed by atoms with Crippen LogP contribution in [0.25, 0.3) is 10.9 Å². The molecule has 2 N–H and O–H groups in total. The number of benzene rings is 1. The fraction of sp³-hybridized carbons (Fsp3) is 0.250. The van der Waals surface area contributed by atoms with Crippen molar-refractivity contribution in [3.8, 4) is 0 Å². The number of carbonyl (C=O) groups is 1. The highest BCUT2D eigenvalue weighted by molar-refractivity contribution is 5.90. The second-order valence-corrected chi connectivity index (χ2v) is 4.03. The van der Waals surface area contributed by atoms with Gasteiger partial charge in [-0.25, -0.2) is 9.97 Å². The molecule has 104 valence electrons. The molecule has 8 nitrogen and oxygen atoms in total. The average Bonchev–Trinajstić information content (AvgIpc) is 2.46. The van der Waals surface area contributed by atoms with Crippen molar-refractivity contribution in [3.05, 3.63) is 34.6 Å². The summed E-state index contributed by atoms with van der Waals surface area (Å²) in [5, 5.41) is 16.8. The van der Waals surface area contributed by atoms with Gasteiger partial charge in [0.05, 0.1) is 10.4 Å². The number of nitrogens with zero attached hydrogens (tertiary/aromatic N) is 3. The number of fused-ring (bicyclic) bond motifs is 1. The van der Waals surface area contributed by atoms with E-state index in [0.717, 1.165) is 0 Å². The largest absolute Gasteiger partial charge is 0.369 e. The van der Waals surface area contributed by atoms with Crippen LogP contribution >= 0.6 is 0 Å². The summed E-state index contributed by atoms with van der Waals surface area (Å²) in [5.41, 5.74) is 0.578. The Bertz CT molecular complexity index is 659. The lowest BCUT2D eigenvalue weighted by Gasteiger charge is -2.07. The maximum absolute atomic E-state index is 11.1. The van der Waals surface area contributed by atoms with Crippen molar-refractivity contribution in [2.75, 3.05) is 18.9 Å². The first-order valence-corrected chi connectivity index (χ1v) is 5.95. The van der Waals surface area contributed by atoms with Crippen LogP contribution in [0, 0.1) is 10.1 Å². The van der Waals surface area contributed by atoms with Gasteiger partial charge in [-0.1, -0.05) is 0 Å². The quantitative estimate of drug-likeness (QED) is 0.624. The van der Waals surface area contributed by atoms with Gasteiger partial charge in [-0.05, 0) is 6.07 Å². The van der Waals surface area contributed by atoms with Crippen molar-refractivity contribution in [1.82, 2.24) is 15.3 Å². The molecule has 1 aromatic carbocycles. The minimum absolute atomic E-state index is 0.0262. The lowest BCUT2D eigenvalue weighted by atomic mass is 10.2. The third-order valence-corrected chi connectivity index (χ3v) is 2.75. The number of amides is 1. The summed E-state index contributed by atoms with van der Waals surface area (Å²) in [6.45, 7) is 0.383. The highest BCUT2D eigenvalue weighted by atomic mass is 16.6. The number of anilines is 1. The Morgan fingerprint density at radius 1 is 1.40 bits per heavy atom. The molecule has 8 heteroatoms. The fourth-order valence-electron chi connectivity index (χ4n) is 1.72. The molecule has 2 aromatic rings. The van der Waals surface area contributed by atoms with E-state index in [-0.39, 0.29) is 18.0 Å². The van der Waals surface area contributed by atoms with Crippen LogP contribution in [0.2, 0.25) is 0 Å². The number of carbonyl (C=O) groups excluding carboxylic acids is 1. The molecular formula is C12H13N5O3. The number of hydrogen-bond acceptors (Lipinski definition) is 6. The zero-order valence-electron chi connectivity index (χ0n) is 10.8. The molecule has 0 radical (unpaired) electrons. The molecule has 0 bridgehead atoms. The third kappa shape index (κ3) is 2.97. The summed E-state index contributed by atoms with van der Waals surface area (Å²) in [6, 6.07) is 4.38. The highest BCUT2D eigenvalue weighted by Crippen LogP contribution is 2.24. The van der Waals surface area contributed by atoms with E-state index in [1.807, 2.05) is 0 Å². The molecule has 0 aliphatic rings. The van der Waals surface area contributed by atoms with Gasteiger partial charge in [-0.3, -0.25) is 14.9 Å². The number of non-ortho nitro benzene ring substituents is 1. The molecule has 0 aliphatic carbocycles. The van der Waals surface area contributed by atoms with E-state index >= 15 is 0 Å². The van der Waals surface area contributed by atoms with E-state index in [0.29, 0.717) is 23.3 Å². The molecule has 0 saturated carbocycles. The lowest BCUT2D eigenvalue weighted by molar-refractivity contribution is -0.384. The van der Waals surface area contributed by atoms with E-state index in [1.54, 1.807) is 13.1 Å². The number of rotatable bonds is 5. The van der Waals surface area contributed by atoms with Crippen LogP contribution < -0.4 is 10.6 Å². The first-order valence-electron chi connectivity index (χ1n) is 5.95. The SMILES string of the molecule is CNC(=O)CCNc1ncnc2ccc([N+](=O)[O-])cc12. The summed E-state index contributed by atoms with van der Waals surface area (Å²) in [7, 11) is 1.56. The molecule has 0 fully saturated rings. The summed E-state index contributed by atoms with van der Waals surface area (Å²) in [6.07, 6.45) is 1.66. The van der Waals surface area contributed by atoms with Crippen LogP contribution in [0.15, 0.2) is 24.5 Å². The zero-order chi connectivity index (χ0) is 14.5. The topological polar surface area (TPSA) is 110 Å². The monoisotopic (exact) mass is 275 g/mol. The summed E-state index contributed by atoms with van der Waals surface area (Å²) < 4.78 is 0. The molecule has 0 atom stereocenters. The Morgan fingerprint density at radius 3 is 2.90 bits per heavy atom. The normalized spacial score (nSPS) is 10.2. The van der Waals surface area contributed by atoms with Crippen LogP contribution in [-0.4, -0.2) is 34.4 Å². The van der Waals surface area contributed by atoms with E-state index in [4.69, 9.17) is 0 Å². The van der Waals surface area contributed by atoms with Crippen LogP contribution in [0.4, 0.5) is 11.5 Å².